The number of rotatable bonds is 1. The van der Waals surface area contributed by atoms with E-state index in [0.717, 1.165) is 26.2 Å². The number of nitrogens with two attached hydrogens (primary N) is 1. The highest BCUT2D eigenvalue weighted by Crippen LogP contribution is 2.17. The lowest BCUT2D eigenvalue weighted by Gasteiger charge is -2.36. The van der Waals surface area contributed by atoms with Crippen molar-refractivity contribution in [3.05, 3.63) is 29.8 Å². The highest BCUT2D eigenvalue weighted by atomic mass is 35.5. The van der Waals surface area contributed by atoms with Crippen LogP contribution in [0.4, 0.5) is 5.69 Å². The molecule has 1 aromatic rings. The van der Waals surface area contributed by atoms with Gasteiger partial charge in [0.15, 0.2) is 5.96 Å². The smallest absolute Gasteiger partial charge is 0.188 e. The first kappa shape index (κ1) is 16.9. The van der Waals surface area contributed by atoms with Gasteiger partial charge in [-0.1, -0.05) is 12.1 Å². The number of hydrogen-bond acceptors (Lipinski definition) is 2. The number of anilines is 1. The number of hydrogen-bond donors (Lipinski definition) is 2. The van der Waals surface area contributed by atoms with Crippen molar-refractivity contribution in [1.82, 2.24) is 4.90 Å². The molecule has 0 saturated carbocycles. The topological polar surface area (TPSA) is 56.4 Å². The normalized spacial score (nSPS) is 14.5. The van der Waals surface area contributed by atoms with E-state index in [1.54, 1.807) is 0 Å². The monoisotopic (exact) mass is 290 g/mol. The molecule has 4 nitrogen and oxygen atoms in total. The zero-order valence-corrected chi connectivity index (χ0v) is 12.1. The fourth-order valence-corrected chi connectivity index (χ4v) is 2.03. The molecule has 2 rings (SSSR count). The van der Waals surface area contributed by atoms with Crippen molar-refractivity contribution in [2.75, 3.05) is 31.1 Å². The van der Waals surface area contributed by atoms with E-state index in [1.807, 2.05) is 4.90 Å². The molecule has 0 spiro atoms. The van der Waals surface area contributed by atoms with Crippen molar-refractivity contribution >= 4 is 36.5 Å². The Balaban J connectivity index is 0.00000144. The number of benzene rings is 1. The molecule has 0 radical (unpaired) electrons. The Morgan fingerprint density at radius 2 is 1.78 bits per heavy atom. The van der Waals surface area contributed by atoms with Gasteiger partial charge in [0.2, 0.25) is 0 Å². The summed E-state index contributed by atoms with van der Waals surface area (Å²) >= 11 is 0. The standard InChI is InChI=1S/C12H18N4.2ClH/c1-10-3-2-4-11(9-10)15-5-7-16(8-6-15)12(13)14;;/h2-4,9H,5-8H2,1H3,(H3,13,14);2*1H. The fraction of sp³-hybridized carbons (Fsp3) is 0.417. The molecular formula is C12H20Cl2N4. The summed E-state index contributed by atoms with van der Waals surface area (Å²) in [6, 6.07) is 8.52. The Labute approximate surface area is 120 Å². The largest absolute Gasteiger partial charge is 0.370 e. The van der Waals surface area contributed by atoms with Gasteiger partial charge in [0.25, 0.3) is 0 Å². The van der Waals surface area contributed by atoms with E-state index in [-0.39, 0.29) is 30.8 Å². The zero-order valence-electron chi connectivity index (χ0n) is 10.4. The van der Waals surface area contributed by atoms with Gasteiger partial charge in [-0.3, -0.25) is 5.41 Å². The summed E-state index contributed by atoms with van der Waals surface area (Å²) in [5.74, 6) is 0.184. The number of halogens is 2. The molecule has 0 aromatic heterocycles. The van der Waals surface area contributed by atoms with Gasteiger partial charge in [0, 0.05) is 31.9 Å². The van der Waals surface area contributed by atoms with Gasteiger partial charge in [0.1, 0.15) is 0 Å². The lowest BCUT2D eigenvalue weighted by Crippen LogP contribution is -2.50. The molecule has 6 heteroatoms. The van der Waals surface area contributed by atoms with Crippen molar-refractivity contribution in [2.45, 2.75) is 6.92 Å². The molecule has 0 atom stereocenters. The minimum absolute atomic E-state index is 0. The Morgan fingerprint density at radius 3 is 2.28 bits per heavy atom. The van der Waals surface area contributed by atoms with Crippen LogP contribution in [0.25, 0.3) is 0 Å². The number of guanidine groups is 1. The Kier molecular flexibility index (Phi) is 6.88. The Hall–Kier alpha value is -1.13. The molecule has 1 aromatic carbocycles. The van der Waals surface area contributed by atoms with E-state index in [0.29, 0.717) is 0 Å². The van der Waals surface area contributed by atoms with Crippen molar-refractivity contribution in [1.29, 1.82) is 5.41 Å². The van der Waals surface area contributed by atoms with Crippen LogP contribution in [0.15, 0.2) is 24.3 Å². The van der Waals surface area contributed by atoms with Crippen molar-refractivity contribution in [2.24, 2.45) is 5.73 Å². The van der Waals surface area contributed by atoms with Gasteiger partial charge in [0.05, 0.1) is 0 Å². The number of piperazine rings is 1. The first-order valence-electron chi connectivity index (χ1n) is 5.57. The predicted molar refractivity (Wildman–Crippen MR) is 81.4 cm³/mol. The second-order valence-electron chi connectivity index (χ2n) is 4.20. The van der Waals surface area contributed by atoms with Gasteiger partial charge in [-0.05, 0) is 24.6 Å². The summed E-state index contributed by atoms with van der Waals surface area (Å²) in [4.78, 5) is 4.25. The molecule has 0 amide bonds. The van der Waals surface area contributed by atoms with Crippen molar-refractivity contribution in [3.8, 4) is 0 Å². The molecule has 1 saturated heterocycles. The van der Waals surface area contributed by atoms with Crippen LogP contribution in [0.5, 0.6) is 0 Å². The molecule has 3 N–H and O–H groups in total. The van der Waals surface area contributed by atoms with Crippen LogP contribution < -0.4 is 10.6 Å². The third-order valence-electron chi connectivity index (χ3n) is 2.99. The molecule has 1 aliphatic rings. The van der Waals surface area contributed by atoms with Crippen LogP contribution in [0.1, 0.15) is 5.56 Å². The van der Waals surface area contributed by atoms with Crippen molar-refractivity contribution < 1.29 is 0 Å². The summed E-state index contributed by atoms with van der Waals surface area (Å²) in [6.07, 6.45) is 0. The molecule has 0 unspecified atom stereocenters. The first-order valence-corrected chi connectivity index (χ1v) is 5.57. The maximum atomic E-state index is 7.38. The lowest BCUT2D eigenvalue weighted by atomic mass is 10.2. The van der Waals surface area contributed by atoms with Crippen LogP contribution in [0.2, 0.25) is 0 Å². The highest BCUT2D eigenvalue weighted by Gasteiger charge is 2.17. The maximum absolute atomic E-state index is 7.38. The van der Waals surface area contributed by atoms with E-state index >= 15 is 0 Å². The summed E-state index contributed by atoms with van der Waals surface area (Å²) in [5.41, 5.74) is 8.02. The Morgan fingerprint density at radius 1 is 1.17 bits per heavy atom. The molecule has 0 bridgehead atoms. The summed E-state index contributed by atoms with van der Waals surface area (Å²) < 4.78 is 0. The molecule has 1 heterocycles. The van der Waals surface area contributed by atoms with Gasteiger partial charge in [-0.2, -0.15) is 0 Å². The van der Waals surface area contributed by atoms with Crippen molar-refractivity contribution in [3.63, 3.8) is 0 Å². The number of nitrogens with zero attached hydrogens (tertiary/aromatic N) is 2. The summed E-state index contributed by atoms with van der Waals surface area (Å²) in [5, 5.41) is 7.38. The second-order valence-corrected chi connectivity index (χ2v) is 4.20. The minimum atomic E-state index is 0. The Bertz CT molecular complexity index is 389. The second kappa shape index (κ2) is 7.34. The number of nitrogens with one attached hydrogen (secondary N) is 1. The van der Waals surface area contributed by atoms with E-state index in [2.05, 4.69) is 36.1 Å². The van der Waals surface area contributed by atoms with Gasteiger partial charge < -0.3 is 15.5 Å². The molecule has 18 heavy (non-hydrogen) atoms. The van der Waals surface area contributed by atoms with Gasteiger partial charge >= 0.3 is 0 Å². The van der Waals surface area contributed by atoms with E-state index in [4.69, 9.17) is 11.1 Å². The van der Waals surface area contributed by atoms with Crippen LogP contribution in [-0.4, -0.2) is 37.0 Å². The third kappa shape index (κ3) is 3.96. The molecular weight excluding hydrogens is 271 g/mol. The summed E-state index contributed by atoms with van der Waals surface area (Å²) in [6.45, 7) is 5.65. The van der Waals surface area contributed by atoms with Crippen LogP contribution in [0.3, 0.4) is 0 Å². The molecule has 0 aliphatic carbocycles. The SMILES string of the molecule is Cc1cccc(N2CCN(C(=N)N)CC2)c1.Cl.Cl. The van der Waals surface area contributed by atoms with Crippen LogP contribution in [-0.2, 0) is 0 Å². The van der Waals surface area contributed by atoms with E-state index in [1.165, 1.54) is 11.3 Å². The van der Waals surface area contributed by atoms with Crippen LogP contribution >= 0.6 is 24.8 Å². The average Bonchev–Trinajstić information content (AvgIpc) is 2.29. The van der Waals surface area contributed by atoms with E-state index in [9.17, 15) is 0 Å². The minimum Gasteiger partial charge on any atom is -0.370 e. The highest BCUT2D eigenvalue weighted by molar-refractivity contribution is 5.85. The van der Waals surface area contributed by atoms with Gasteiger partial charge in [-0.15, -0.1) is 24.8 Å². The maximum Gasteiger partial charge on any atom is 0.188 e. The van der Waals surface area contributed by atoms with Crippen LogP contribution in [0, 0.1) is 12.3 Å². The number of aryl methyl sites for hydroxylation is 1. The van der Waals surface area contributed by atoms with Gasteiger partial charge in [-0.25, -0.2) is 0 Å². The third-order valence-corrected chi connectivity index (χ3v) is 2.99. The van der Waals surface area contributed by atoms with E-state index < -0.39 is 0 Å². The fourth-order valence-electron chi connectivity index (χ4n) is 2.03. The lowest BCUT2D eigenvalue weighted by molar-refractivity contribution is 0.380. The first-order chi connectivity index (χ1) is 7.66. The quantitative estimate of drug-likeness (QED) is 0.613. The summed E-state index contributed by atoms with van der Waals surface area (Å²) in [7, 11) is 0. The molecule has 1 fully saturated rings. The average molecular weight is 291 g/mol. The molecule has 102 valence electrons. The molecule has 1 aliphatic heterocycles. The zero-order chi connectivity index (χ0) is 11.5. The predicted octanol–water partition coefficient (Wildman–Crippen LogP) is 1.85.